The van der Waals surface area contributed by atoms with Crippen molar-refractivity contribution in [2.24, 2.45) is 0 Å². The van der Waals surface area contributed by atoms with E-state index in [4.69, 9.17) is 0 Å². The molecule has 1 aliphatic heterocycles. The number of likely N-dealkylation sites (N-methyl/N-ethyl adjacent to an activating group) is 1. The highest BCUT2D eigenvalue weighted by Crippen LogP contribution is 2.35. The smallest absolute Gasteiger partial charge is 0.249 e. The zero-order valence-corrected chi connectivity index (χ0v) is 11.0. The van der Waals surface area contributed by atoms with Crippen LogP contribution in [0.1, 0.15) is 31.4 Å². The molecule has 92 valence electrons. The van der Waals surface area contributed by atoms with E-state index in [1.54, 1.807) is 0 Å². The van der Waals surface area contributed by atoms with Gasteiger partial charge in [-0.05, 0) is 44.4 Å². The molecule has 17 heavy (non-hydrogen) atoms. The summed E-state index contributed by atoms with van der Waals surface area (Å²) in [5, 5.41) is 3.36. The number of rotatable bonds is 2. The van der Waals surface area contributed by atoms with Crippen LogP contribution in [0.5, 0.6) is 0 Å². The third-order valence-corrected chi connectivity index (χ3v) is 3.36. The Bertz CT molecular complexity index is 454. The van der Waals surface area contributed by atoms with Gasteiger partial charge in [0.15, 0.2) is 0 Å². The fourth-order valence-electron chi connectivity index (χ4n) is 2.49. The Morgan fingerprint density at radius 3 is 2.59 bits per heavy atom. The summed E-state index contributed by atoms with van der Waals surface area (Å²) in [5.74, 6) is 0.188. The third-order valence-electron chi connectivity index (χ3n) is 3.36. The van der Waals surface area contributed by atoms with E-state index in [2.05, 4.69) is 31.3 Å². The van der Waals surface area contributed by atoms with Gasteiger partial charge in [0.05, 0.1) is 11.4 Å². The molecule has 0 radical (unpaired) electrons. The average molecular weight is 232 g/mol. The van der Waals surface area contributed by atoms with Crippen LogP contribution >= 0.6 is 0 Å². The topological polar surface area (TPSA) is 32.3 Å². The number of nitrogens with zero attached hydrogens (tertiary/aromatic N) is 1. The predicted octanol–water partition coefficient (Wildman–Crippen LogP) is 2.86. The van der Waals surface area contributed by atoms with Crippen LogP contribution in [0, 0.1) is 13.8 Å². The van der Waals surface area contributed by atoms with Crippen molar-refractivity contribution in [3.63, 3.8) is 0 Å². The van der Waals surface area contributed by atoms with Crippen LogP contribution in [0.4, 0.5) is 11.4 Å². The van der Waals surface area contributed by atoms with Crippen LogP contribution in [0.25, 0.3) is 0 Å². The van der Waals surface area contributed by atoms with Gasteiger partial charge in [-0.25, -0.2) is 0 Å². The Morgan fingerprint density at radius 2 is 2.00 bits per heavy atom. The summed E-state index contributed by atoms with van der Waals surface area (Å²) in [6.07, 6.45) is 0.822. The zero-order valence-electron chi connectivity index (χ0n) is 11.0. The van der Waals surface area contributed by atoms with Crippen LogP contribution in [-0.2, 0) is 4.79 Å². The van der Waals surface area contributed by atoms with Crippen molar-refractivity contribution in [3.05, 3.63) is 23.3 Å². The van der Waals surface area contributed by atoms with Crippen LogP contribution in [0.15, 0.2) is 12.1 Å². The van der Waals surface area contributed by atoms with Crippen molar-refractivity contribution in [1.82, 2.24) is 0 Å². The van der Waals surface area contributed by atoms with Gasteiger partial charge in [0.2, 0.25) is 5.91 Å². The largest absolute Gasteiger partial charge is 0.372 e. The Morgan fingerprint density at radius 1 is 1.29 bits per heavy atom. The highest BCUT2D eigenvalue weighted by molar-refractivity contribution is 6.05. The lowest BCUT2D eigenvalue weighted by molar-refractivity contribution is -0.119. The molecular formula is C14H20N2O. The second-order valence-corrected chi connectivity index (χ2v) is 4.66. The number of carbonyl (C=O) groups excluding carboxylic acids is 1. The first-order chi connectivity index (χ1) is 8.08. The van der Waals surface area contributed by atoms with Crippen LogP contribution < -0.4 is 10.2 Å². The maximum absolute atomic E-state index is 12.2. The van der Waals surface area contributed by atoms with Gasteiger partial charge < -0.3 is 10.2 Å². The van der Waals surface area contributed by atoms with Crippen molar-refractivity contribution >= 4 is 17.3 Å². The van der Waals surface area contributed by atoms with Gasteiger partial charge in [0.25, 0.3) is 0 Å². The number of nitrogens with one attached hydrogen (secondary N) is 1. The fourth-order valence-corrected chi connectivity index (χ4v) is 2.49. The van der Waals surface area contributed by atoms with Crippen molar-refractivity contribution < 1.29 is 4.79 Å². The van der Waals surface area contributed by atoms with Crippen molar-refractivity contribution in [3.8, 4) is 0 Å². The number of amides is 1. The highest BCUT2D eigenvalue weighted by Gasteiger charge is 2.31. The Labute approximate surface area is 103 Å². The van der Waals surface area contributed by atoms with E-state index < -0.39 is 0 Å². The van der Waals surface area contributed by atoms with Gasteiger partial charge in [-0.15, -0.1) is 0 Å². The van der Waals surface area contributed by atoms with Crippen molar-refractivity contribution in [2.45, 2.75) is 40.2 Å². The van der Waals surface area contributed by atoms with E-state index in [1.807, 2.05) is 18.7 Å². The van der Waals surface area contributed by atoms with E-state index >= 15 is 0 Å². The van der Waals surface area contributed by atoms with E-state index in [0.717, 1.165) is 24.3 Å². The number of fused-ring (bicyclic) bond motifs is 1. The molecule has 0 saturated carbocycles. The molecule has 1 aromatic rings. The number of hydrogen-bond acceptors (Lipinski definition) is 2. The van der Waals surface area contributed by atoms with E-state index in [9.17, 15) is 4.79 Å². The molecule has 1 aromatic carbocycles. The summed E-state index contributed by atoms with van der Waals surface area (Å²) in [5.41, 5.74) is 4.55. The number of benzene rings is 1. The van der Waals surface area contributed by atoms with E-state index in [0.29, 0.717) is 0 Å². The minimum Gasteiger partial charge on any atom is -0.372 e. The molecule has 3 heteroatoms. The summed E-state index contributed by atoms with van der Waals surface area (Å²) in [4.78, 5) is 14.1. The fraction of sp³-hybridized carbons (Fsp3) is 0.500. The summed E-state index contributed by atoms with van der Waals surface area (Å²) < 4.78 is 0. The second-order valence-electron chi connectivity index (χ2n) is 4.66. The Kier molecular flexibility index (Phi) is 3.09. The Balaban J connectivity index is 2.55. The molecule has 1 heterocycles. The molecule has 0 saturated heterocycles. The van der Waals surface area contributed by atoms with Gasteiger partial charge in [-0.1, -0.05) is 13.0 Å². The maximum Gasteiger partial charge on any atom is 0.249 e. The lowest BCUT2D eigenvalue weighted by Crippen LogP contribution is -2.47. The molecule has 2 rings (SSSR count). The molecule has 0 aromatic heterocycles. The van der Waals surface area contributed by atoms with E-state index in [-0.39, 0.29) is 11.9 Å². The molecule has 0 aliphatic carbocycles. The molecule has 0 fully saturated rings. The number of aryl methyl sites for hydroxylation is 2. The minimum atomic E-state index is -0.0798. The van der Waals surface area contributed by atoms with Crippen LogP contribution in [-0.4, -0.2) is 18.5 Å². The number of carbonyl (C=O) groups is 1. The lowest BCUT2D eigenvalue weighted by atomic mass is 10.0. The van der Waals surface area contributed by atoms with Crippen LogP contribution in [0.3, 0.4) is 0 Å². The molecule has 1 aliphatic rings. The van der Waals surface area contributed by atoms with Gasteiger partial charge >= 0.3 is 0 Å². The van der Waals surface area contributed by atoms with Gasteiger partial charge in [-0.2, -0.15) is 0 Å². The third kappa shape index (κ3) is 1.90. The summed E-state index contributed by atoms with van der Waals surface area (Å²) in [7, 11) is 0. The molecule has 0 bridgehead atoms. The first-order valence-electron chi connectivity index (χ1n) is 6.27. The standard InChI is InChI=1S/C14H20N2O/c1-5-11-14(17)16(6-2)12-8-9(3)7-10(4)13(12)15-11/h7-8,11,15H,5-6H2,1-4H3. The van der Waals surface area contributed by atoms with Crippen molar-refractivity contribution in [1.29, 1.82) is 0 Å². The van der Waals surface area contributed by atoms with Crippen molar-refractivity contribution in [2.75, 3.05) is 16.8 Å². The lowest BCUT2D eigenvalue weighted by Gasteiger charge is -2.35. The summed E-state index contributed by atoms with van der Waals surface area (Å²) in [6.45, 7) is 8.95. The zero-order chi connectivity index (χ0) is 12.6. The van der Waals surface area contributed by atoms with Gasteiger partial charge in [-0.3, -0.25) is 4.79 Å². The predicted molar refractivity (Wildman–Crippen MR) is 71.6 cm³/mol. The van der Waals surface area contributed by atoms with Gasteiger partial charge in [0.1, 0.15) is 6.04 Å². The SMILES string of the molecule is CCC1Nc2c(C)cc(C)cc2N(CC)C1=O. The maximum atomic E-state index is 12.2. The first-order valence-corrected chi connectivity index (χ1v) is 6.27. The minimum absolute atomic E-state index is 0.0798. The molecular weight excluding hydrogens is 212 g/mol. The van der Waals surface area contributed by atoms with Gasteiger partial charge in [0, 0.05) is 6.54 Å². The first kappa shape index (κ1) is 12.0. The quantitative estimate of drug-likeness (QED) is 0.850. The molecule has 1 amide bonds. The summed E-state index contributed by atoms with van der Waals surface area (Å²) in [6, 6.07) is 4.16. The second kappa shape index (κ2) is 4.40. The normalized spacial score (nSPS) is 18.9. The summed E-state index contributed by atoms with van der Waals surface area (Å²) >= 11 is 0. The molecule has 1 atom stereocenters. The average Bonchev–Trinajstić information content (AvgIpc) is 2.28. The highest BCUT2D eigenvalue weighted by atomic mass is 16.2. The number of anilines is 2. The number of hydrogen-bond donors (Lipinski definition) is 1. The molecule has 1 N–H and O–H groups in total. The van der Waals surface area contributed by atoms with Crippen LogP contribution in [0.2, 0.25) is 0 Å². The molecule has 3 nitrogen and oxygen atoms in total. The monoisotopic (exact) mass is 232 g/mol. The molecule has 0 spiro atoms. The van der Waals surface area contributed by atoms with E-state index in [1.165, 1.54) is 11.1 Å². The Hall–Kier alpha value is -1.51. The molecule has 1 unspecified atom stereocenters.